The molecule has 2 saturated heterocycles. The average molecular weight is 821 g/mol. The molecule has 12 heteroatoms. The number of nitrogens with zero attached hydrogens (tertiary/aromatic N) is 4. The summed E-state index contributed by atoms with van der Waals surface area (Å²) in [6.45, 7) is 22.8. The summed E-state index contributed by atoms with van der Waals surface area (Å²) >= 11 is 0. The molecular formula is C48H76N12. The van der Waals surface area contributed by atoms with Crippen LogP contribution in [0.3, 0.4) is 0 Å². The van der Waals surface area contributed by atoms with E-state index >= 15 is 0 Å². The molecule has 12 nitrogen and oxygen atoms in total. The zero-order valence-corrected chi connectivity index (χ0v) is 36.4. The van der Waals surface area contributed by atoms with Gasteiger partial charge in [-0.25, -0.2) is 0 Å². The van der Waals surface area contributed by atoms with Gasteiger partial charge in [0.2, 0.25) is 0 Å². The number of hydrogen-bond donors (Lipinski definition) is 8. The minimum Gasteiger partial charge on any atom is -0.315 e. The van der Waals surface area contributed by atoms with Gasteiger partial charge in [-0.05, 0) is 125 Å². The van der Waals surface area contributed by atoms with Crippen LogP contribution in [0.2, 0.25) is 0 Å². The van der Waals surface area contributed by atoms with Gasteiger partial charge in [-0.3, -0.25) is 19.8 Å². The van der Waals surface area contributed by atoms with Crippen LogP contribution >= 0.6 is 0 Å². The van der Waals surface area contributed by atoms with Crippen molar-refractivity contribution in [1.29, 1.82) is 0 Å². The highest BCUT2D eigenvalue weighted by Crippen LogP contribution is 2.10. The third-order valence-electron chi connectivity index (χ3n) is 10.8. The van der Waals surface area contributed by atoms with E-state index in [1.54, 1.807) is 0 Å². The standard InChI is InChI=1S/2C24H38N6/c2*1-2-13-29-24(5-1)20-28-19-22-6-8-23(9-7-22)21-30-17-4-12-26-15-14-25-10-3-11-27-16-18-30/h2*1-2,5-9,13,25-28H,3-4,10-12,14-21H2. The van der Waals surface area contributed by atoms with Gasteiger partial charge in [0.1, 0.15) is 0 Å². The second-order valence-corrected chi connectivity index (χ2v) is 15.9. The molecule has 2 aromatic carbocycles. The first-order chi connectivity index (χ1) is 29.8. The SMILES string of the molecule is c1ccc(CNCc2ccc(CN3CCCNCCNCCCNCC3)cc2)nc1.c1ccc(CNCc2ccc(CN3CCCNCCNCCCNCC3)cc2)nc1. The first-order valence-electron chi connectivity index (χ1n) is 22.9. The quantitative estimate of drug-likeness (QED) is 0.107. The van der Waals surface area contributed by atoms with E-state index in [-0.39, 0.29) is 0 Å². The van der Waals surface area contributed by atoms with E-state index in [1.807, 2.05) is 36.7 Å². The fourth-order valence-electron chi connectivity index (χ4n) is 7.37. The van der Waals surface area contributed by atoms with Crippen molar-refractivity contribution in [1.82, 2.24) is 62.3 Å². The van der Waals surface area contributed by atoms with Gasteiger partial charge in [0.15, 0.2) is 0 Å². The van der Waals surface area contributed by atoms with E-state index < -0.39 is 0 Å². The van der Waals surface area contributed by atoms with Gasteiger partial charge in [-0.2, -0.15) is 0 Å². The van der Waals surface area contributed by atoms with Crippen molar-refractivity contribution in [3.8, 4) is 0 Å². The molecule has 0 bridgehead atoms. The fraction of sp³-hybridized carbons (Fsp3) is 0.542. The summed E-state index contributed by atoms with van der Waals surface area (Å²) in [5.74, 6) is 0. The molecular weight excluding hydrogens is 745 g/mol. The van der Waals surface area contributed by atoms with Gasteiger partial charge in [0.25, 0.3) is 0 Å². The molecule has 60 heavy (non-hydrogen) atoms. The van der Waals surface area contributed by atoms with E-state index in [9.17, 15) is 0 Å². The van der Waals surface area contributed by atoms with E-state index in [0.29, 0.717) is 0 Å². The van der Waals surface area contributed by atoms with Crippen molar-refractivity contribution in [3.05, 3.63) is 131 Å². The molecule has 2 aliphatic rings. The highest BCUT2D eigenvalue weighted by molar-refractivity contribution is 5.23. The lowest BCUT2D eigenvalue weighted by Gasteiger charge is -2.23. The Morgan fingerprint density at radius 2 is 0.733 bits per heavy atom. The summed E-state index contributed by atoms with van der Waals surface area (Å²) in [6.07, 6.45) is 8.45. The minimum atomic E-state index is 0.799. The number of nitrogens with one attached hydrogen (secondary N) is 8. The Bertz CT molecular complexity index is 1440. The van der Waals surface area contributed by atoms with Crippen LogP contribution in [0.15, 0.2) is 97.3 Å². The molecule has 4 heterocycles. The van der Waals surface area contributed by atoms with Crippen LogP contribution in [0.4, 0.5) is 0 Å². The molecule has 8 N–H and O–H groups in total. The molecule has 4 aromatic rings. The van der Waals surface area contributed by atoms with Crippen LogP contribution in [0.1, 0.15) is 59.3 Å². The molecule has 2 aromatic heterocycles. The summed E-state index contributed by atoms with van der Waals surface area (Å²) in [5.41, 5.74) is 7.57. The number of rotatable bonds is 12. The molecule has 0 amide bonds. The lowest BCUT2D eigenvalue weighted by atomic mass is 10.1. The average Bonchev–Trinajstić information content (AvgIpc) is 3.28. The largest absolute Gasteiger partial charge is 0.315 e. The maximum Gasteiger partial charge on any atom is 0.0541 e. The monoisotopic (exact) mass is 821 g/mol. The Labute approximate surface area is 361 Å². The third kappa shape index (κ3) is 21.7. The predicted octanol–water partition coefficient (Wildman–Crippen LogP) is 3.47. The van der Waals surface area contributed by atoms with E-state index in [2.05, 4.69) is 123 Å². The van der Waals surface area contributed by atoms with Crippen LogP contribution in [-0.4, -0.2) is 124 Å². The maximum atomic E-state index is 4.36. The predicted molar refractivity (Wildman–Crippen MR) is 249 cm³/mol. The molecule has 2 fully saturated rings. The summed E-state index contributed by atoms with van der Waals surface area (Å²) in [5, 5.41) is 28.2. The van der Waals surface area contributed by atoms with Gasteiger partial charge in [0.05, 0.1) is 11.4 Å². The van der Waals surface area contributed by atoms with Gasteiger partial charge < -0.3 is 42.5 Å². The van der Waals surface area contributed by atoms with Crippen molar-refractivity contribution in [3.63, 3.8) is 0 Å². The van der Waals surface area contributed by atoms with Crippen LogP contribution in [0.25, 0.3) is 0 Å². The Balaban J connectivity index is 0.000000228. The summed E-state index contributed by atoms with van der Waals surface area (Å²) in [7, 11) is 0. The highest BCUT2D eigenvalue weighted by Gasteiger charge is 2.09. The molecule has 0 unspecified atom stereocenters. The first-order valence-corrected chi connectivity index (χ1v) is 22.9. The van der Waals surface area contributed by atoms with Crippen molar-refractivity contribution >= 4 is 0 Å². The lowest BCUT2D eigenvalue weighted by molar-refractivity contribution is 0.260. The lowest BCUT2D eigenvalue weighted by Crippen LogP contribution is -2.36. The van der Waals surface area contributed by atoms with Crippen LogP contribution in [0.5, 0.6) is 0 Å². The third-order valence-corrected chi connectivity index (χ3v) is 10.8. The number of hydrogen-bond acceptors (Lipinski definition) is 12. The number of pyridine rings is 2. The summed E-state index contributed by atoms with van der Waals surface area (Å²) < 4.78 is 0. The molecule has 0 spiro atoms. The zero-order valence-electron chi connectivity index (χ0n) is 36.4. The molecule has 0 aliphatic carbocycles. The second kappa shape index (κ2) is 31.2. The van der Waals surface area contributed by atoms with Crippen LogP contribution in [-0.2, 0) is 39.3 Å². The minimum absolute atomic E-state index is 0.799. The molecule has 328 valence electrons. The van der Waals surface area contributed by atoms with E-state index in [4.69, 9.17) is 0 Å². The Hall–Kier alpha value is -3.66. The molecule has 2 aliphatic heterocycles. The molecule has 0 radical (unpaired) electrons. The smallest absolute Gasteiger partial charge is 0.0541 e. The number of aromatic nitrogens is 2. The second-order valence-electron chi connectivity index (χ2n) is 15.9. The Kier molecular flexibility index (Phi) is 24.7. The van der Waals surface area contributed by atoms with Gasteiger partial charge in [-0.1, -0.05) is 60.7 Å². The van der Waals surface area contributed by atoms with Crippen LogP contribution < -0.4 is 42.5 Å². The zero-order chi connectivity index (χ0) is 41.4. The Morgan fingerprint density at radius 3 is 1.12 bits per heavy atom. The van der Waals surface area contributed by atoms with Crippen molar-refractivity contribution in [2.45, 2.75) is 65.0 Å². The Morgan fingerprint density at radius 1 is 0.367 bits per heavy atom. The number of benzene rings is 2. The van der Waals surface area contributed by atoms with Crippen LogP contribution in [0, 0.1) is 0 Å². The topological polar surface area (TPSA) is 128 Å². The van der Waals surface area contributed by atoms with Crippen molar-refractivity contribution in [2.75, 3.05) is 105 Å². The van der Waals surface area contributed by atoms with Crippen molar-refractivity contribution in [2.24, 2.45) is 0 Å². The van der Waals surface area contributed by atoms with Gasteiger partial charge in [0, 0.05) is 104 Å². The highest BCUT2D eigenvalue weighted by atomic mass is 15.1. The van der Waals surface area contributed by atoms with E-state index in [0.717, 1.165) is 155 Å². The van der Waals surface area contributed by atoms with Gasteiger partial charge >= 0.3 is 0 Å². The van der Waals surface area contributed by atoms with Gasteiger partial charge in [-0.15, -0.1) is 0 Å². The summed E-state index contributed by atoms with van der Waals surface area (Å²) in [4.78, 5) is 13.9. The fourth-order valence-corrected chi connectivity index (χ4v) is 7.37. The van der Waals surface area contributed by atoms with Crippen molar-refractivity contribution < 1.29 is 0 Å². The summed E-state index contributed by atoms with van der Waals surface area (Å²) in [6, 6.07) is 30.2. The first kappa shape index (κ1) is 47.4. The van der Waals surface area contributed by atoms with E-state index in [1.165, 1.54) is 47.9 Å². The molecule has 0 saturated carbocycles. The molecule has 0 atom stereocenters. The normalized spacial score (nSPS) is 18.0. The molecule has 6 rings (SSSR count). The maximum absolute atomic E-state index is 4.36.